The molecule has 6 heteroatoms. The molecule has 5 nitrogen and oxygen atoms in total. The van der Waals surface area contributed by atoms with Crippen LogP contribution in [0.2, 0.25) is 0 Å². The molecule has 0 aliphatic rings. The van der Waals surface area contributed by atoms with Crippen molar-refractivity contribution in [1.82, 2.24) is 5.32 Å². The SMILES string of the molecule is CSC[C@H](N)C(=O)NC(=O)OC(C)(C)C. The number of rotatable bonds is 3. The second-order valence-corrected chi connectivity index (χ2v) is 4.96. The van der Waals surface area contributed by atoms with Gasteiger partial charge < -0.3 is 10.5 Å². The number of thioether (sulfide) groups is 1. The summed E-state index contributed by atoms with van der Waals surface area (Å²) < 4.78 is 4.90. The number of hydrogen-bond acceptors (Lipinski definition) is 5. The van der Waals surface area contributed by atoms with Crippen molar-refractivity contribution in [2.24, 2.45) is 5.73 Å². The van der Waals surface area contributed by atoms with Crippen molar-refractivity contribution in [2.75, 3.05) is 12.0 Å². The molecule has 0 unspecified atom stereocenters. The second kappa shape index (κ2) is 5.97. The van der Waals surface area contributed by atoms with Gasteiger partial charge in [-0.15, -0.1) is 0 Å². The molecule has 0 saturated heterocycles. The Labute approximate surface area is 94.1 Å². The first-order valence-corrected chi connectivity index (χ1v) is 5.94. The van der Waals surface area contributed by atoms with E-state index in [0.29, 0.717) is 5.75 Å². The van der Waals surface area contributed by atoms with Crippen molar-refractivity contribution in [1.29, 1.82) is 0 Å². The Morgan fingerprint density at radius 1 is 1.47 bits per heavy atom. The lowest BCUT2D eigenvalue weighted by Crippen LogP contribution is -2.46. The molecule has 3 N–H and O–H groups in total. The Morgan fingerprint density at radius 3 is 2.40 bits per heavy atom. The standard InChI is InChI=1S/C9H18N2O3S/c1-9(2,3)14-8(13)11-7(12)6(10)5-15-4/h6H,5,10H2,1-4H3,(H,11,12,13)/t6-/m0/s1. The Bertz CT molecular complexity index is 238. The molecule has 0 aromatic rings. The van der Waals surface area contributed by atoms with Crippen molar-refractivity contribution in [3.8, 4) is 0 Å². The highest BCUT2D eigenvalue weighted by molar-refractivity contribution is 7.98. The van der Waals surface area contributed by atoms with Gasteiger partial charge in [0.2, 0.25) is 5.91 Å². The van der Waals surface area contributed by atoms with E-state index in [4.69, 9.17) is 10.5 Å². The van der Waals surface area contributed by atoms with E-state index in [1.165, 1.54) is 11.8 Å². The first-order valence-electron chi connectivity index (χ1n) is 4.54. The van der Waals surface area contributed by atoms with Crippen LogP contribution in [0.4, 0.5) is 4.79 Å². The van der Waals surface area contributed by atoms with Gasteiger partial charge in [-0.1, -0.05) is 0 Å². The Kier molecular flexibility index (Phi) is 5.67. The van der Waals surface area contributed by atoms with Gasteiger partial charge in [-0.25, -0.2) is 4.79 Å². The molecule has 88 valence electrons. The molecule has 0 aliphatic carbocycles. The summed E-state index contributed by atoms with van der Waals surface area (Å²) in [7, 11) is 0. The van der Waals surface area contributed by atoms with Gasteiger partial charge in [-0.3, -0.25) is 10.1 Å². The number of carbonyl (C=O) groups is 2. The largest absolute Gasteiger partial charge is 0.444 e. The average Bonchev–Trinajstić information content (AvgIpc) is 2.00. The third-order valence-corrected chi connectivity index (χ3v) is 2.00. The van der Waals surface area contributed by atoms with Gasteiger partial charge in [0, 0.05) is 5.75 Å². The van der Waals surface area contributed by atoms with Crippen molar-refractivity contribution in [3.05, 3.63) is 0 Å². The molecule has 0 rings (SSSR count). The van der Waals surface area contributed by atoms with Gasteiger partial charge >= 0.3 is 6.09 Å². The minimum Gasteiger partial charge on any atom is -0.444 e. The van der Waals surface area contributed by atoms with Crippen molar-refractivity contribution >= 4 is 23.8 Å². The number of carbonyl (C=O) groups excluding carboxylic acids is 2. The zero-order chi connectivity index (χ0) is 12.1. The van der Waals surface area contributed by atoms with Gasteiger partial charge in [0.1, 0.15) is 5.60 Å². The molecule has 0 fully saturated rings. The third kappa shape index (κ3) is 7.21. The van der Waals surface area contributed by atoms with E-state index in [2.05, 4.69) is 5.32 Å². The van der Waals surface area contributed by atoms with Crippen LogP contribution in [0.25, 0.3) is 0 Å². The van der Waals surface area contributed by atoms with Crippen LogP contribution in [-0.4, -0.2) is 35.7 Å². The van der Waals surface area contributed by atoms with E-state index >= 15 is 0 Å². The maximum absolute atomic E-state index is 11.3. The van der Waals surface area contributed by atoms with Gasteiger partial charge in [0.25, 0.3) is 0 Å². The molecule has 0 bridgehead atoms. The highest BCUT2D eigenvalue weighted by Crippen LogP contribution is 2.06. The van der Waals surface area contributed by atoms with Gasteiger partial charge in [0.15, 0.2) is 0 Å². The molecule has 0 aliphatic heterocycles. The number of nitrogens with two attached hydrogens (primary N) is 1. The Morgan fingerprint density at radius 2 is 2.00 bits per heavy atom. The topological polar surface area (TPSA) is 81.4 Å². The predicted molar refractivity (Wildman–Crippen MR) is 60.7 cm³/mol. The Hall–Kier alpha value is -0.750. The molecule has 0 aromatic heterocycles. The fourth-order valence-corrected chi connectivity index (χ4v) is 1.26. The zero-order valence-corrected chi connectivity index (χ0v) is 10.3. The molecule has 0 spiro atoms. The quantitative estimate of drug-likeness (QED) is 0.752. The molecular formula is C9H18N2O3S. The number of ether oxygens (including phenoxy) is 1. The first kappa shape index (κ1) is 14.2. The lowest BCUT2D eigenvalue weighted by atomic mass is 10.2. The van der Waals surface area contributed by atoms with E-state index in [-0.39, 0.29) is 0 Å². The minimum absolute atomic E-state index is 0.467. The predicted octanol–water partition coefficient (Wildman–Crippen LogP) is 0.728. The summed E-state index contributed by atoms with van der Waals surface area (Å²) in [5.41, 5.74) is 4.88. The zero-order valence-electron chi connectivity index (χ0n) is 9.49. The molecule has 2 amide bonds. The van der Waals surface area contributed by atoms with E-state index < -0.39 is 23.6 Å². The maximum atomic E-state index is 11.3. The second-order valence-electron chi connectivity index (χ2n) is 4.05. The average molecular weight is 234 g/mol. The summed E-state index contributed by atoms with van der Waals surface area (Å²) in [6.07, 6.45) is 1.07. The number of amides is 2. The van der Waals surface area contributed by atoms with E-state index in [1.54, 1.807) is 20.8 Å². The monoisotopic (exact) mass is 234 g/mol. The molecule has 15 heavy (non-hydrogen) atoms. The number of nitrogens with one attached hydrogen (secondary N) is 1. The van der Waals surface area contributed by atoms with Crippen LogP contribution in [0.1, 0.15) is 20.8 Å². The van der Waals surface area contributed by atoms with Crippen LogP contribution in [0, 0.1) is 0 Å². The van der Waals surface area contributed by atoms with Crippen LogP contribution < -0.4 is 11.1 Å². The summed E-state index contributed by atoms with van der Waals surface area (Å²) in [6, 6.07) is -0.687. The molecule has 0 heterocycles. The fraction of sp³-hybridized carbons (Fsp3) is 0.778. The highest BCUT2D eigenvalue weighted by atomic mass is 32.2. The molecular weight excluding hydrogens is 216 g/mol. The van der Waals surface area contributed by atoms with Gasteiger partial charge in [0.05, 0.1) is 6.04 Å². The summed E-state index contributed by atoms with van der Waals surface area (Å²) in [4.78, 5) is 22.4. The van der Waals surface area contributed by atoms with Crippen molar-refractivity contribution in [3.63, 3.8) is 0 Å². The van der Waals surface area contributed by atoms with Crippen LogP contribution in [0.3, 0.4) is 0 Å². The molecule has 1 atom stereocenters. The van der Waals surface area contributed by atoms with Crippen molar-refractivity contribution < 1.29 is 14.3 Å². The lowest BCUT2D eigenvalue weighted by Gasteiger charge is -2.20. The van der Waals surface area contributed by atoms with Crippen molar-refractivity contribution in [2.45, 2.75) is 32.4 Å². The van der Waals surface area contributed by atoms with Crippen LogP contribution in [0.5, 0.6) is 0 Å². The van der Waals surface area contributed by atoms with E-state index in [9.17, 15) is 9.59 Å². The number of hydrogen-bond donors (Lipinski definition) is 2. The molecule has 0 saturated carbocycles. The lowest BCUT2D eigenvalue weighted by molar-refractivity contribution is -0.121. The van der Waals surface area contributed by atoms with E-state index in [0.717, 1.165) is 0 Å². The van der Waals surface area contributed by atoms with Gasteiger partial charge in [-0.05, 0) is 27.0 Å². The molecule has 0 aromatic carbocycles. The van der Waals surface area contributed by atoms with E-state index in [1.807, 2.05) is 6.26 Å². The summed E-state index contributed by atoms with van der Waals surface area (Å²) >= 11 is 1.44. The van der Waals surface area contributed by atoms with Crippen LogP contribution in [0.15, 0.2) is 0 Å². The van der Waals surface area contributed by atoms with Crippen LogP contribution >= 0.6 is 11.8 Å². The first-order chi connectivity index (χ1) is 6.76. The number of alkyl carbamates (subject to hydrolysis) is 1. The summed E-state index contributed by atoms with van der Waals surface area (Å²) in [6.45, 7) is 5.16. The third-order valence-electron chi connectivity index (χ3n) is 1.31. The minimum atomic E-state index is -0.760. The summed E-state index contributed by atoms with van der Waals surface area (Å²) in [5.74, 6) is -0.0483. The maximum Gasteiger partial charge on any atom is 0.414 e. The normalized spacial score (nSPS) is 13.1. The van der Waals surface area contributed by atoms with Crippen LogP contribution in [-0.2, 0) is 9.53 Å². The summed E-state index contributed by atoms with van der Waals surface area (Å²) in [5, 5.41) is 2.08. The number of imide groups is 1. The Balaban J connectivity index is 4.02. The smallest absolute Gasteiger partial charge is 0.414 e. The van der Waals surface area contributed by atoms with Gasteiger partial charge in [-0.2, -0.15) is 11.8 Å². The fourth-order valence-electron chi connectivity index (χ4n) is 0.752. The molecule has 0 radical (unpaired) electrons. The highest BCUT2D eigenvalue weighted by Gasteiger charge is 2.20.